The number of para-hydroxylation sites is 1. The Kier molecular flexibility index (Phi) is 5.70. The molecule has 0 aliphatic heterocycles. The van der Waals surface area contributed by atoms with Gasteiger partial charge in [-0.2, -0.15) is 0 Å². The number of amides is 1. The Morgan fingerprint density at radius 3 is 2.55 bits per heavy atom. The molecule has 1 aromatic carbocycles. The molecule has 0 spiro atoms. The van der Waals surface area contributed by atoms with Crippen molar-refractivity contribution in [3.8, 4) is 0 Å². The lowest BCUT2D eigenvalue weighted by molar-refractivity contribution is -0.120. The highest BCUT2D eigenvalue weighted by Crippen LogP contribution is 2.19. The minimum Gasteiger partial charge on any atom is -0.462 e. The van der Waals surface area contributed by atoms with Crippen LogP contribution in [0.1, 0.15) is 44.0 Å². The summed E-state index contributed by atoms with van der Waals surface area (Å²) < 4.78 is 4.96. The first-order chi connectivity index (χ1) is 9.42. The van der Waals surface area contributed by atoms with Gasteiger partial charge in [0.2, 0.25) is 5.91 Å². The molecule has 1 aromatic rings. The molecule has 20 heavy (non-hydrogen) atoms. The van der Waals surface area contributed by atoms with Gasteiger partial charge in [0.15, 0.2) is 0 Å². The molecule has 110 valence electrons. The molecule has 1 atom stereocenters. The number of nitrogens with one attached hydrogen (secondary N) is 1. The van der Waals surface area contributed by atoms with E-state index in [1.807, 2.05) is 6.92 Å². The third-order valence-corrected chi connectivity index (χ3v) is 2.96. The molecule has 0 aliphatic carbocycles. The normalized spacial score (nSPS) is 13.4. The molecule has 5 heteroatoms. The average molecular weight is 278 g/mol. The Morgan fingerprint density at radius 1 is 1.30 bits per heavy atom. The monoisotopic (exact) mass is 278 g/mol. The lowest BCUT2D eigenvalue weighted by Gasteiger charge is -2.23. The Bertz CT molecular complexity index is 484. The molecule has 0 aromatic heterocycles. The van der Waals surface area contributed by atoms with Gasteiger partial charge < -0.3 is 15.8 Å². The number of carbonyl (C=O) groups excluding carboxylic acids is 2. The van der Waals surface area contributed by atoms with Crippen molar-refractivity contribution in [2.45, 2.75) is 39.2 Å². The lowest BCUT2D eigenvalue weighted by atomic mass is 9.96. The standard InChI is InChI=1S/C15H22N2O3/c1-4-10-15(3,16)14(19)17-12-9-7-6-8-11(12)13(18)20-5-2/h6-9H,4-5,10,16H2,1-3H3,(H,17,19). The van der Waals surface area contributed by atoms with Gasteiger partial charge >= 0.3 is 5.97 Å². The first-order valence-corrected chi connectivity index (χ1v) is 6.78. The van der Waals surface area contributed by atoms with Crippen LogP contribution in [0, 0.1) is 0 Å². The SMILES string of the molecule is CCCC(C)(N)C(=O)Nc1ccccc1C(=O)OCC. The topological polar surface area (TPSA) is 81.4 Å². The van der Waals surface area contributed by atoms with E-state index < -0.39 is 11.5 Å². The van der Waals surface area contributed by atoms with E-state index in [2.05, 4.69) is 5.32 Å². The van der Waals surface area contributed by atoms with Crippen molar-refractivity contribution >= 4 is 17.6 Å². The van der Waals surface area contributed by atoms with Crippen molar-refractivity contribution in [1.82, 2.24) is 0 Å². The quantitative estimate of drug-likeness (QED) is 0.782. The van der Waals surface area contributed by atoms with E-state index in [1.165, 1.54) is 0 Å². The molecule has 1 rings (SSSR count). The molecule has 0 fully saturated rings. The predicted molar refractivity (Wildman–Crippen MR) is 78.5 cm³/mol. The number of hydrogen-bond donors (Lipinski definition) is 2. The maximum Gasteiger partial charge on any atom is 0.340 e. The van der Waals surface area contributed by atoms with E-state index in [9.17, 15) is 9.59 Å². The Balaban J connectivity index is 2.93. The van der Waals surface area contributed by atoms with Crippen molar-refractivity contribution < 1.29 is 14.3 Å². The first kappa shape index (κ1) is 16.2. The minimum absolute atomic E-state index is 0.283. The number of benzene rings is 1. The number of nitrogens with two attached hydrogens (primary N) is 1. The first-order valence-electron chi connectivity index (χ1n) is 6.78. The zero-order valence-corrected chi connectivity index (χ0v) is 12.2. The molecule has 0 saturated heterocycles. The summed E-state index contributed by atoms with van der Waals surface area (Å²) >= 11 is 0. The van der Waals surface area contributed by atoms with Gasteiger partial charge in [0.25, 0.3) is 0 Å². The summed E-state index contributed by atoms with van der Waals surface area (Å²) in [6, 6.07) is 6.73. The molecule has 0 saturated carbocycles. The van der Waals surface area contributed by atoms with E-state index in [0.29, 0.717) is 17.7 Å². The van der Waals surface area contributed by atoms with Crippen molar-refractivity contribution in [2.24, 2.45) is 5.73 Å². The largest absolute Gasteiger partial charge is 0.462 e. The summed E-state index contributed by atoms with van der Waals surface area (Å²) in [5.41, 5.74) is 5.76. The summed E-state index contributed by atoms with van der Waals surface area (Å²) in [6.07, 6.45) is 1.38. The molecule has 1 unspecified atom stereocenters. The third-order valence-electron chi connectivity index (χ3n) is 2.96. The second-order valence-electron chi connectivity index (χ2n) is 4.89. The van der Waals surface area contributed by atoms with Crippen LogP contribution < -0.4 is 11.1 Å². The van der Waals surface area contributed by atoms with Gasteiger partial charge in [-0.05, 0) is 32.4 Å². The van der Waals surface area contributed by atoms with E-state index >= 15 is 0 Å². The third kappa shape index (κ3) is 4.06. The maximum absolute atomic E-state index is 12.2. The highest BCUT2D eigenvalue weighted by atomic mass is 16.5. The summed E-state index contributed by atoms with van der Waals surface area (Å²) in [6.45, 7) is 5.66. The fraction of sp³-hybridized carbons (Fsp3) is 0.467. The number of anilines is 1. The highest BCUT2D eigenvalue weighted by molar-refractivity contribution is 6.04. The van der Waals surface area contributed by atoms with Gasteiger partial charge in [-0.3, -0.25) is 4.79 Å². The molecule has 0 bridgehead atoms. The van der Waals surface area contributed by atoms with E-state index in [4.69, 9.17) is 10.5 Å². The zero-order valence-electron chi connectivity index (χ0n) is 12.2. The molecule has 5 nitrogen and oxygen atoms in total. The van der Waals surface area contributed by atoms with Crippen LogP contribution in [0.4, 0.5) is 5.69 Å². The van der Waals surface area contributed by atoms with Crippen molar-refractivity contribution in [1.29, 1.82) is 0 Å². The number of carbonyl (C=O) groups is 2. The summed E-state index contributed by atoms with van der Waals surface area (Å²) in [4.78, 5) is 24.0. The number of ether oxygens (including phenoxy) is 1. The second-order valence-corrected chi connectivity index (χ2v) is 4.89. The fourth-order valence-corrected chi connectivity index (χ4v) is 1.88. The fourth-order valence-electron chi connectivity index (χ4n) is 1.88. The lowest BCUT2D eigenvalue weighted by Crippen LogP contribution is -2.48. The van der Waals surface area contributed by atoms with Gasteiger partial charge in [-0.1, -0.05) is 25.5 Å². The summed E-state index contributed by atoms with van der Waals surface area (Å²) in [7, 11) is 0. The van der Waals surface area contributed by atoms with Crippen LogP contribution in [0.3, 0.4) is 0 Å². The van der Waals surface area contributed by atoms with Crippen LogP contribution in [-0.2, 0) is 9.53 Å². The van der Waals surface area contributed by atoms with Gasteiger partial charge in [0, 0.05) is 0 Å². The molecule has 0 aliphatic rings. The van der Waals surface area contributed by atoms with Crippen LogP contribution in [0.5, 0.6) is 0 Å². The maximum atomic E-state index is 12.2. The molecule has 1 amide bonds. The minimum atomic E-state index is -0.962. The predicted octanol–water partition coefficient (Wildman–Crippen LogP) is 2.32. The van der Waals surface area contributed by atoms with Crippen LogP contribution >= 0.6 is 0 Å². The number of esters is 1. The Morgan fingerprint density at radius 2 is 1.95 bits per heavy atom. The van der Waals surface area contributed by atoms with Crippen molar-refractivity contribution in [3.63, 3.8) is 0 Å². The molecule has 0 radical (unpaired) electrons. The van der Waals surface area contributed by atoms with Gasteiger partial charge in [-0.15, -0.1) is 0 Å². The average Bonchev–Trinajstić information content (AvgIpc) is 2.39. The smallest absolute Gasteiger partial charge is 0.340 e. The summed E-state index contributed by atoms with van der Waals surface area (Å²) in [5, 5.41) is 2.71. The van der Waals surface area contributed by atoms with E-state index in [0.717, 1.165) is 6.42 Å². The van der Waals surface area contributed by atoms with Crippen molar-refractivity contribution in [3.05, 3.63) is 29.8 Å². The van der Waals surface area contributed by atoms with E-state index in [-0.39, 0.29) is 12.5 Å². The van der Waals surface area contributed by atoms with E-state index in [1.54, 1.807) is 38.1 Å². The van der Waals surface area contributed by atoms with Crippen molar-refractivity contribution in [2.75, 3.05) is 11.9 Å². The molecule has 3 N–H and O–H groups in total. The van der Waals surface area contributed by atoms with Crippen LogP contribution in [0.15, 0.2) is 24.3 Å². The second kappa shape index (κ2) is 7.05. The molecular formula is C15H22N2O3. The Hall–Kier alpha value is -1.88. The van der Waals surface area contributed by atoms with Crippen LogP contribution in [0.25, 0.3) is 0 Å². The number of rotatable bonds is 6. The zero-order chi connectivity index (χ0) is 15.2. The van der Waals surface area contributed by atoms with Crippen LogP contribution in [0.2, 0.25) is 0 Å². The highest BCUT2D eigenvalue weighted by Gasteiger charge is 2.28. The Labute approximate surface area is 119 Å². The van der Waals surface area contributed by atoms with Gasteiger partial charge in [0.05, 0.1) is 23.4 Å². The molecular weight excluding hydrogens is 256 g/mol. The van der Waals surface area contributed by atoms with Crippen LogP contribution in [-0.4, -0.2) is 24.0 Å². The van der Waals surface area contributed by atoms with Gasteiger partial charge in [-0.25, -0.2) is 4.79 Å². The number of hydrogen-bond acceptors (Lipinski definition) is 4. The summed E-state index contributed by atoms with van der Waals surface area (Å²) in [5.74, 6) is -0.770. The molecule has 0 heterocycles. The van der Waals surface area contributed by atoms with Gasteiger partial charge in [0.1, 0.15) is 0 Å².